The molecule has 1 aromatic carbocycles. The van der Waals surface area contributed by atoms with Crippen molar-refractivity contribution in [2.45, 2.75) is 51.4 Å². The molecule has 0 aliphatic heterocycles. The Hall–Kier alpha value is -2.21. The van der Waals surface area contributed by atoms with Gasteiger partial charge in [0.05, 0.1) is 12.6 Å². The van der Waals surface area contributed by atoms with Crippen LogP contribution >= 0.6 is 0 Å². The van der Waals surface area contributed by atoms with Crippen LogP contribution in [-0.2, 0) is 16.1 Å². The maximum absolute atomic E-state index is 12.6. The molecule has 1 aliphatic rings. The molecule has 0 unspecified atom stereocenters. The largest absolute Gasteiger partial charge is 0.360 e. The minimum absolute atomic E-state index is 0.151. The maximum Gasteiger partial charge on any atom is 0.254 e. The molecule has 0 radical (unpaired) electrons. The Morgan fingerprint density at radius 1 is 1.35 bits per heavy atom. The van der Waals surface area contributed by atoms with Crippen molar-refractivity contribution in [3.63, 3.8) is 0 Å². The van der Waals surface area contributed by atoms with E-state index in [1.54, 1.807) is 6.92 Å². The van der Waals surface area contributed by atoms with E-state index in [1.165, 1.54) is 0 Å². The predicted octanol–water partition coefficient (Wildman–Crippen LogP) is 2.69. The van der Waals surface area contributed by atoms with Crippen molar-refractivity contribution in [3.05, 3.63) is 47.6 Å². The third-order valence-corrected chi connectivity index (χ3v) is 3.96. The third-order valence-electron chi connectivity index (χ3n) is 3.96. The van der Waals surface area contributed by atoms with Gasteiger partial charge in [0, 0.05) is 6.92 Å². The Bertz CT molecular complexity index is 636. The van der Waals surface area contributed by atoms with Crippen LogP contribution in [0.25, 0.3) is 0 Å². The summed E-state index contributed by atoms with van der Waals surface area (Å²) in [4.78, 5) is 16.7. The highest BCUT2D eigenvalue weighted by Crippen LogP contribution is 2.28. The molecule has 1 N–H and O–H groups in total. The van der Waals surface area contributed by atoms with Crippen molar-refractivity contribution in [2.24, 2.45) is 0 Å². The number of rotatable bonds is 6. The molecule has 1 atom stereocenters. The fourth-order valence-electron chi connectivity index (χ4n) is 2.81. The summed E-state index contributed by atoms with van der Waals surface area (Å²) in [6.45, 7) is 1.95. The van der Waals surface area contributed by atoms with Crippen LogP contribution in [-0.4, -0.2) is 22.2 Å². The molecular formula is C17H21N3O3. The van der Waals surface area contributed by atoms with Crippen LogP contribution in [0.3, 0.4) is 0 Å². The van der Waals surface area contributed by atoms with Crippen molar-refractivity contribution >= 4 is 5.91 Å². The fraction of sp³-hybridized carbons (Fsp3) is 0.471. The van der Waals surface area contributed by atoms with Crippen molar-refractivity contribution < 1.29 is 14.1 Å². The molecule has 1 aromatic heterocycles. The molecule has 0 spiro atoms. The number of amides is 1. The molecule has 1 saturated carbocycles. The highest BCUT2D eigenvalue weighted by atomic mass is 16.5. The number of hydrogen-bond donors (Lipinski definition) is 1. The van der Waals surface area contributed by atoms with Crippen LogP contribution in [0.1, 0.15) is 49.1 Å². The molecule has 1 amide bonds. The van der Waals surface area contributed by atoms with Gasteiger partial charge in [-0.2, -0.15) is 4.98 Å². The van der Waals surface area contributed by atoms with Gasteiger partial charge in [0.2, 0.25) is 5.89 Å². The standard InChI is InChI=1S/C17H21N3O3/c1-12-19-15(20-23-12)11-18-17(21)16(13-7-3-2-4-8-13)22-14-9-5-6-10-14/h2-4,7-8,14,16H,5-6,9-11H2,1H3,(H,18,21)/t16-/m1/s1. The SMILES string of the molecule is Cc1nc(CNC(=O)[C@H](OC2CCCC2)c2ccccc2)no1. The first-order valence-electron chi connectivity index (χ1n) is 7.99. The van der Waals surface area contributed by atoms with Crippen LogP contribution in [0.5, 0.6) is 0 Å². The van der Waals surface area contributed by atoms with Crippen LogP contribution in [0, 0.1) is 6.92 Å². The minimum atomic E-state index is -0.604. The maximum atomic E-state index is 12.6. The number of benzene rings is 1. The molecule has 0 saturated heterocycles. The van der Waals surface area contributed by atoms with Gasteiger partial charge in [-0.1, -0.05) is 48.3 Å². The number of nitrogens with zero attached hydrogens (tertiary/aromatic N) is 2. The zero-order valence-electron chi connectivity index (χ0n) is 13.2. The van der Waals surface area contributed by atoms with E-state index in [2.05, 4.69) is 15.5 Å². The van der Waals surface area contributed by atoms with E-state index in [9.17, 15) is 4.79 Å². The number of nitrogens with one attached hydrogen (secondary N) is 1. The zero-order valence-corrected chi connectivity index (χ0v) is 13.2. The Morgan fingerprint density at radius 2 is 2.09 bits per heavy atom. The van der Waals surface area contributed by atoms with E-state index in [4.69, 9.17) is 9.26 Å². The van der Waals surface area contributed by atoms with Crippen LogP contribution in [0.2, 0.25) is 0 Å². The molecule has 2 aromatic rings. The first kappa shape index (κ1) is 15.7. The Kier molecular flexibility index (Phi) is 5.02. The van der Waals surface area contributed by atoms with Crippen molar-refractivity contribution in [1.29, 1.82) is 0 Å². The van der Waals surface area contributed by atoms with Gasteiger partial charge >= 0.3 is 0 Å². The van der Waals surface area contributed by atoms with E-state index < -0.39 is 6.10 Å². The van der Waals surface area contributed by atoms with E-state index in [-0.39, 0.29) is 18.6 Å². The molecule has 6 nitrogen and oxygen atoms in total. The van der Waals surface area contributed by atoms with Gasteiger partial charge < -0.3 is 14.6 Å². The van der Waals surface area contributed by atoms with Crippen LogP contribution < -0.4 is 5.32 Å². The molecule has 1 heterocycles. The fourth-order valence-corrected chi connectivity index (χ4v) is 2.81. The average molecular weight is 315 g/mol. The van der Waals surface area contributed by atoms with E-state index in [0.29, 0.717) is 11.7 Å². The van der Waals surface area contributed by atoms with E-state index in [0.717, 1.165) is 31.2 Å². The first-order valence-corrected chi connectivity index (χ1v) is 7.99. The smallest absolute Gasteiger partial charge is 0.254 e. The Balaban J connectivity index is 1.67. The van der Waals surface area contributed by atoms with Gasteiger partial charge in [-0.3, -0.25) is 4.79 Å². The van der Waals surface area contributed by atoms with Gasteiger partial charge in [0.25, 0.3) is 5.91 Å². The molecule has 3 rings (SSSR count). The van der Waals surface area contributed by atoms with Gasteiger partial charge in [0.1, 0.15) is 0 Å². The summed E-state index contributed by atoms with van der Waals surface area (Å²) in [5.41, 5.74) is 0.862. The lowest BCUT2D eigenvalue weighted by Crippen LogP contribution is -2.32. The highest BCUT2D eigenvalue weighted by Gasteiger charge is 2.27. The second-order valence-corrected chi connectivity index (χ2v) is 5.78. The Morgan fingerprint density at radius 3 is 2.74 bits per heavy atom. The highest BCUT2D eigenvalue weighted by molar-refractivity contribution is 5.82. The second-order valence-electron chi connectivity index (χ2n) is 5.78. The van der Waals surface area contributed by atoms with Crippen molar-refractivity contribution in [1.82, 2.24) is 15.5 Å². The topological polar surface area (TPSA) is 77.2 Å². The molecule has 23 heavy (non-hydrogen) atoms. The zero-order chi connectivity index (χ0) is 16.1. The predicted molar refractivity (Wildman–Crippen MR) is 83.4 cm³/mol. The molecule has 122 valence electrons. The summed E-state index contributed by atoms with van der Waals surface area (Å²) in [5, 5.41) is 6.62. The number of carbonyl (C=O) groups is 1. The van der Waals surface area contributed by atoms with Gasteiger partial charge in [-0.05, 0) is 18.4 Å². The van der Waals surface area contributed by atoms with Crippen molar-refractivity contribution in [2.75, 3.05) is 0 Å². The van der Waals surface area contributed by atoms with Crippen LogP contribution in [0.15, 0.2) is 34.9 Å². The number of carbonyl (C=O) groups excluding carboxylic acids is 1. The lowest BCUT2D eigenvalue weighted by Gasteiger charge is -2.21. The quantitative estimate of drug-likeness (QED) is 0.887. The second kappa shape index (κ2) is 7.37. The number of hydrogen-bond acceptors (Lipinski definition) is 5. The molecule has 6 heteroatoms. The molecule has 1 aliphatic carbocycles. The minimum Gasteiger partial charge on any atom is -0.360 e. The van der Waals surface area contributed by atoms with Crippen molar-refractivity contribution in [3.8, 4) is 0 Å². The normalized spacial score (nSPS) is 16.4. The van der Waals surface area contributed by atoms with Gasteiger partial charge in [-0.15, -0.1) is 0 Å². The third kappa shape index (κ3) is 4.16. The lowest BCUT2D eigenvalue weighted by atomic mass is 10.1. The Labute approximate surface area is 135 Å². The monoisotopic (exact) mass is 315 g/mol. The summed E-state index contributed by atoms with van der Waals surface area (Å²) >= 11 is 0. The van der Waals surface area contributed by atoms with Crippen LogP contribution in [0.4, 0.5) is 0 Å². The number of aromatic nitrogens is 2. The summed E-state index contributed by atoms with van der Waals surface area (Å²) in [6, 6.07) is 9.58. The molecular weight excluding hydrogens is 294 g/mol. The summed E-state index contributed by atoms with van der Waals surface area (Å²) in [5.74, 6) is 0.769. The summed E-state index contributed by atoms with van der Waals surface area (Å²) in [7, 11) is 0. The van der Waals surface area contributed by atoms with E-state index in [1.807, 2.05) is 30.3 Å². The van der Waals surface area contributed by atoms with Gasteiger partial charge in [0.15, 0.2) is 11.9 Å². The molecule has 0 bridgehead atoms. The number of aryl methyl sites for hydroxylation is 1. The lowest BCUT2D eigenvalue weighted by molar-refractivity contribution is -0.137. The summed E-state index contributed by atoms with van der Waals surface area (Å²) < 4.78 is 11.0. The van der Waals surface area contributed by atoms with E-state index >= 15 is 0 Å². The van der Waals surface area contributed by atoms with Gasteiger partial charge in [-0.25, -0.2) is 0 Å². The average Bonchev–Trinajstić information content (AvgIpc) is 3.23. The summed E-state index contributed by atoms with van der Waals surface area (Å²) in [6.07, 6.45) is 3.90. The number of ether oxygens (including phenoxy) is 1. The molecule has 1 fully saturated rings. The first-order chi connectivity index (χ1) is 11.2.